The SMILES string of the molecule is CC(C)NC(CC(=O)O)C(=O)c1cc(F)ccc1F. The molecule has 2 N–H and O–H groups in total. The Kier molecular flexibility index (Phi) is 5.11. The highest BCUT2D eigenvalue weighted by molar-refractivity contribution is 6.01. The molecule has 0 saturated carbocycles. The number of Topliss-reactive ketones (excluding diaryl/α,β-unsaturated/α-hetero) is 1. The minimum Gasteiger partial charge on any atom is -0.481 e. The minimum atomic E-state index is -1.19. The molecular formula is C13H15F2NO3. The summed E-state index contributed by atoms with van der Waals surface area (Å²) in [6, 6.07) is 1.26. The van der Waals surface area contributed by atoms with Crippen LogP contribution in [0.3, 0.4) is 0 Å². The number of carboxylic acid groups (broad SMARTS) is 1. The number of halogens is 2. The lowest BCUT2D eigenvalue weighted by Crippen LogP contribution is -2.42. The first kappa shape index (κ1) is 15.2. The van der Waals surface area contributed by atoms with Gasteiger partial charge in [-0.05, 0) is 18.2 Å². The van der Waals surface area contributed by atoms with Crippen LogP contribution in [0.25, 0.3) is 0 Å². The summed E-state index contributed by atoms with van der Waals surface area (Å²) in [5.41, 5.74) is -0.445. The highest BCUT2D eigenvalue weighted by Crippen LogP contribution is 2.14. The van der Waals surface area contributed by atoms with E-state index < -0.39 is 41.4 Å². The predicted molar refractivity (Wildman–Crippen MR) is 65.0 cm³/mol. The van der Waals surface area contributed by atoms with Crippen LogP contribution in [0.4, 0.5) is 8.78 Å². The first-order chi connectivity index (χ1) is 8.81. The van der Waals surface area contributed by atoms with Crippen LogP contribution >= 0.6 is 0 Å². The molecule has 4 nitrogen and oxygen atoms in total. The smallest absolute Gasteiger partial charge is 0.305 e. The van der Waals surface area contributed by atoms with E-state index in [1.54, 1.807) is 13.8 Å². The Morgan fingerprint density at radius 3 is 2.47 bits per heavy atom. The molecule has 0 saturated heterocycles. The fourth-order valence-electron chi connectivity index (χ4n) is 1.68. The molecule has 104 valence electrons. The number of carbonyl (C=O) groups is 2. The lowest BCUT2D eigenvalue weighted by Gasteiger charge is -2.18. The normalized spacial score (nSPS) is 12.5. The van der Waals surface area contributed by atoms with Crippen LogP contribution in [0, 0.1) is 11.6 Å². The van der Waals surface area contributed by atoms with E-state index >= 15 is 0 Å². The van der Waals surface area contributed by atoms with Crippen LogP contribution in [0.1, 0.15) is 30.6 Å². The highest BCUT2D eigenvalue weighted by atomic mass is 19.1. The molecule has 0 spiro atoms. The summed E-state index contributed by atoms with van der Waals surface area (Å²) in [7, 11) is 0. The monoisotopic (exact) mass is 271 g/mol. The van der Waals surface area contributed by atoms with Crippen LogP contribution in [0.5, 0.6) is 0 Å². The summed E-state index contributed by atoms with van der Waals surface area (Å²) in [5.74, 6) is -3.58. The van der Waals surface area contributed by atoms with E-state index in [-0.39, 0.29) is 6.04 Å². The van der Waals surface area contributed by atoms with Gasteiger partial charge in [0.25, 0.3) is 0 Å². The molecule has 1 aromatic carbocycles. The average molecular weight is 271 g/mol. The van der Waals surface area contributed by atoms with Gasteiger partial charge in [0.2, 0.25) is 0 Å². The molecule has 0 aliphatic heterocycles. The van der Waals surface area contributed by atoms with Gasteiger partial charge in [-0.25, -0.2) is 8.78 Å². The number of carboxylic acids is 1. The quantitative estimate of drug-likeness (QED) is 0.776. The van der Waals surface area contributed by atoms with Crippen molar-refractivity contribution in [1.29, 1.82) is 0 Å². The maximum absolute atomic E-state index is 13.5. The first-order valence-electron chi connectivity index (χ1n) is 5.78. The lowest BCUT2D eigenvalue weighted by atomic mass is 10.00. The number of ketones is 1. The predicted octanol–water partition coefficient (Wildman–Crippen LogP) is 1.99. The average Bonchev–Trinajstić information content (AvgIpc) is 2.29. The molecule has 6 heteroatoms. The van der Waals surface area contributed by atoms with E-state index in [4.69, 9.17) is 5.11 Å². The maximum atomic E-state index is 13.5. The van der Waals surface area contributed by atoms with Crippen LogP contribution in [-0.2, 0) is 4.79 Å². The number of nitrogens with one attached hydrogen (secondary N) is 1. The van der Waals surface area contributed by atoms with Crippen molar-refractivity contribution in [3.05, 3.63) is 35.4 Å². The van der Waals surface area contributed by atoms with Crippen molar-refractivity contribution in [2.45, 2.75) is 32.4 Å². The minimum absolute atomic E-state index is 0.162. The maximum Gasteiger partial charge on any atom is 0.305 e. The van der Waals surface area contributed by atoms with E-state index in [0.29, 0.717) is 0 Å². The van der Waals surface area contributed by atoms with Crippen LogP contribution in [0.2, 0.25) is 0 Å². The van der Waals surface area contributed by atoms with Gasteiger partial charge < -0.3 is 10.4 Å². The topological polar surface area (TPSA) is 66.4 Å². The van der Waals surface area contributed by atoms with E-state index in [2.05, 4.69) is 5.32 Å². The van der Waals surface area contributed by atoms with Crippen molar-refractivity contribution < 1.29 is 23.5 Å². The van der Waals surface area contributed by atoms with Gasteiger partial charge in [-0.3, -0.25) is 9.59 Å². The second-order valence-corrected chi connectivity index (χ2v) is 4.46. The highest BCUT2D eigenvalue weighted by Gasteiger charge is 2.25. The molecule has 0 fully saturated rings. The second-order valence-electron chi connectivity index (χ2n) is 4.46. The molecule has 0 radical (unpaired) electrons. The molecule has 0 aliphatic carbocycles. The molecule has 1 aromatic rings. The third kappa shape index (κ3) is 4.40. The van der Waals surface area contributed by atoms with Crippen molar-refractivity contribution in [2.75, 3.05) is 0 Å². The number of benzene rings is 1. The zero-order valence-electron chi connectivity index (χ0n) is 10.6. The van der Waals surface area contributed by atoms with Gasteiger partial charge >= 0.3 is 5.97 Å². The van der Waals surface area contributed by atoms with E-state index in [1.165, 1.54) is 0 Å². The summed E-state index contributed by atoms with van der Waals surface area (Å²) in [4.78, 5) is 22.8. The van der Waals surface area contributed by atoms with Crippen molar-refractivity contribution in [3.8, 4) is 0 Å². The Morgan fingerprint density at radius 2 is 1.95 bits per heavy atom. The fraction of sp³-hybridized carbons (Fsp3) is 0.385. The zero-order chi connectivity index (χ0) is 14.6. The zero-order valence-corrected chi connectivity index (χ0v) is 10.6. The Bertz CT molecular complexity index is 489. The van der Waals surface area contributed by atoms with Crippen molar-refractivity contribution in [3.63, 3.8) is 0 Å². The molecule has 1 rings (SSSR count). The third-order valence-corrected chi connectivity index (χ3v) is 2.42. The molecule has 0 heterocycles. The summed E-state index contributed by atoms with van der Waals surface area (Å²) >= 11 is 0. The molecule has 1 atom stereocenters. The summed E-state index contributed by atoms with van der Waals surface area (Å²) < 4.78 is 26.5. The Balaban J connectivity index is 3.03. The summed E-state index contributed by atoms with van der Waals surface area (Å²) in [5, 5.41) is 11.5. The molecule has 1 unspecified atom stereocenters. The largest absolute Gasteiger partial charge is 0.481 e. The molecule has 0 bridgehead atoms. The lowest BCUT2D eigenvalue weighted by molar-refractivity contribution is -0.137. The Hall–Kier alpha value is -1.82. The summed E-state index contributed by atoms with van der Waals surface area (Å²) in [6.07, 6.45) is -0.493. The van der Waals surface area contributed by atoms with Crippen molar-refractivity contribution in [1.82, 2.24) is 5.32 Å². The molecule has 19 heavy (non-hydrogen) atoms. The summed E-state index contributed by atoms with van der Waals surface area (Å²) in [6.45, 7) is 3.45. The molecule has 0 amide bonds. The van der Waals surface area contributed by atoms with Crippen molar-refractivity contribution in [2.24, 2.45) is 0 Å². The number of hydrogen-bond donors (Lipinski definition) is 2. The third-order valence-electron chi connectivity index (χ3n) is 2.42. The van der Waals surface area contributed by atoms with Crippen LogP contribution in [0.15, 0.2) is 18.2 Å². The number of hydrogen-bond acceptors (Lipinski definition) is 3. The van der Waals surface area contributed by atoms with E-state index in [0.717, 1.165) is 18.2 Å². The Labute approximate surface area is 109 Å². The van der Waals surface area contributed by atoms with Gasteiger partial charge in [-0.15, -0.1) is 0 Å². The van der Waals surface area contributed by atoms with Crippen LogP contribution in [-0.4, -0.2) is 28.9 Å². The number of rotatable bonds is 6. The number of carbonyl (C=O) groups excluding carboxylic acids is 1. The van der Waals surface area contributed by atoms with Gasteiger partial charge in [0, 0.05) is 6.04 Å². The van der Waals surface area contributed by atoms with Gasteiger partial charge in [0.05, 0.1) is 18.0 Å². The van der Waals surface area contributed by atoms with Gasteiger partial charge in [-0.1, -0.05) is 13.8 Å². The molecule has 0 aliphatic rings. The van der Waals surface area contributed by atoms with E-state index in [9.17, 15) is 18.4 Å². The molecule has 0 aromatic heterocycles. The van der Waals surface area contributed by atoms with Crippen LogP contribution < -0.4 is 5.32 Å². The number of aliphatic carboxylic acids is 1. The van der Waals surface area contributed by atoms with E-state index in [1.807, 2.05) is 0 Å². The second kappa shape index (κ2) is 6.38. The standard InChI is InChI=1S/C13H15F2NO3/c1-7(2)16-11(6-12(17)18)13(19)9-5-8(14)3-4-10(9)15/h3-5,7,11,16H,6H2,1-2H3,(H,17,18). The van der Waals surface area contributed by atoms with Gasteiger partial charge in [-0.2, -0.15) is 0 Å². The van der Waals surface area contributed by atoms with Gasteiger partial charge in [0.1, 0.15) is 11.6 Å². The van der Waals surface area contributed by atoms with Gasteiger partial charge in [0.15, 0.2) is 5.78 Å². The fourth-order valence-corrected chi connectivity index (χ4v) is 1.68. The van der Waals surface area contributed by atoms with Crippen molar-refractivity contribution >= 4 is 11.8 Å². The molecular weight excluding hydrogens is 256 g/mol. The first-order valence-corrected chi connectivity index (χ1v) is 5.78. The Morgan fingerprint density at radius 1 is 1.32 bits per heavy atom.